The van der Waals surface area contributed by atoms with Gasteiger partial charge in [0, 0.05) is 38.2 Å². The number of halogens is 1. The van der Waals surface area contributed by atoms with Crippen LogP contribution in [0.5, 0.6) is 0 Å². The zero-order chi connectivity index (χ0) is 20.2. The van der Waals surface area contributed by atoms with Crippen LogP contribution in [0.2, 0.25) is 0 Å². The van der Waals surface area contributed by atoms with Crippen molar-refractivity contribution in [1.29, 1.82) is 0 Å². The lowest BCUT2D eigenvalue weighted by Crippen LogP contribution is -2.40. The van der Waals surface area contributed by atoms with E-state index in [9.17, 15) is 5.11 Å². The number of aliphatic hydroxyl groups excluding tert-OH is 1. The second-order valence-electron chi connectivity index (χ2n) is 7.47. The van der Waals surface area contributed by atoms with E-state index in [1.165, 1.54) is 0 Å². The van der Waals surface area contributed by atoms with E-state index in [2.05, 4.69) is 53.8 Å². The predicted octanol–water partition coefficient (Wildman–Crippen LogP) is 3.86. The van der Waals surface area contributed by atoms with E-state index in [-0.39, 0.29) is 30.6 Å². The number of pyridine rings is 1. The van der Waals surface area contributed by atoms with Gasteiger partial charge in [0.2, 0.25) is 0 Å². The van der Waals surface area contributed by atoms with Crippen LogP contribution in [-0.4, -0.2) is 48.8 Å². The summed E-state index contributed by atoms with van der Waals surface area (Å²) in [7, 11) is 0. The van der Waals surface area contributed by atoms with Crippen LogP contribution in [0.25, 0.3) is 10.9 Å². The third-order valence-corrected chi connectivity index (χ3v) is 4.52. The quantitative estimate of drug-likeness (QED) is 0.159. The minimum atomic E-state index is 0. The number of aliphatic imine (C=N–C) groups is 1. The molecule has 162 valence electrons. The molecule has 29 heavy (non-hydrogen) atoms. The first-order valence-corrected chi connectivity index (χ1v) is 10.3. The van der Waals surface area contributed by atoms with Gasteiger partial charge in [0.05, 0.1) is 5.52 Å². The molecule has 1 aromatic heterocycles. The highest BCUT2D eigenvalue weighted by Gasteiger charge is 2.10. The molecule has 4 N–H and O–H groups in total. The summed E-state index contributed by atoms with van der Waals surface area (Å²) in [5, 5.41) is 20.4. The molecule has 6 nitrogen and oxygen atoms in total. The number of para-hydroxylation sites is 1. The molecule has 1 atom stereocenters. The number of guanidine groups is 1. The Bertz CT molecular complexity index is 738. The maximum atomic E-state index is 9.27. The van der Waals surface area contributed by atoms with Crippen LogP contribution in [0.1, 0.15) is 33.6 Å². The first-order chi connectivity index (χ1) is 13.6. The molecule has 0 fully saturated rings. The van der Waals surface area contributed by atoms with Gasteiger partial charge in [-0.3, -0.25) is 4.99 Å². The zero-order valence-electron chi connectivity index (χ0n) is 17.8. The van der Waals surface area contributed by atoms with Crippen molar-refractivity contribution in [2.45, 2.75) is 33.6 Å². The van der Waals surface area contributed by atoms with E-state index in [1.54, 1.807) is 0 Å². The van der Waals surface area contributed by atoms with E-state index in [1.807, 2.05) is 24.3 Å². The Balaban J connectivity index is 0.00000420. The lowest BCUT2D eigenvalue weighted by molar-refractivity contribution is 0.245. The molecule has 7 heteroatoms. The summed E-state index contributed by atoms with van der Waals surface area (Å²) in [5.74, 6) is 2.73. The van der Waals surface area contributed by atoms with Crippen LogP contribution in [0.4, 0.5) is 5.82 Å². The van der Waals surface area contributed by atoms with Crippen molar-refractivity contribution in [3.63, 3.8) is 0 Å². The summed E-state index contributed by atoms with van der Waals surface area (Å²) in [6.45, 7) is 9.76. The van der Waals surface area contributed by atoms with Crippen molar-refractivity contribution < 1.29 is 5.11 Å². The number of aliphatic hydroxyl groups is 1. The van der Waals surface area contributed by atoms with Crippen LogP contribution in [0, 0.1) is 11.8 Å². The summed E-state index contributed by atoms with van der Waals surface area (Å²) in [6, 6.07) is 12.2. The summed E-state index contributed by atoms with van der Waals surface area (Å²) < 4.78 is 0. The van der Waals surface area contributed by atoms with Crippen LogP contribution < -0.4 is 16.0 Å². The van der Waals surface area contributed by atoms with Crippen molar-refractivity contribution in [2.75, 3.05) is 38.1 Å². The van der Waals surface area contributed by atoms with E-state index >= 15 is 0 Å². The van der Waals surface area contributed by atoms with Crippen molar-refractivity contribution >= 4 is 46.7 Å². The normalized spacial score (nSPS) is 12.5. The summed E-state index contributed by atoms with van der Waals surface area (Å²) in [6.07, 6.45) is 1.88. The Kier molecular flexibility index (Phi) is 12.6. The molecule has 0 saturated carbocycles. The van der Waals surface area contributed by atoms with Gasteiger partial charge in [0.1, 0.15) is 5.82 Å². The molecule has 0 aliphatic carbocycles. The molecule has 0 spiro atoms. The van der Waals surface area contributed by atoms with Gasteiger partial charge in [-0.25, -0.2) is 4.98 Å². The summed E-state index contributed by atoms with van der Waals surface area (Å²) in [5.41, 5.74) is 0.996. The minimum absolute atomic E-state index is 0. The number of benzene rings is 1. The van der Waals surface area contributed by atoms with Gasteiger partial charge in [0.25, 0.3) is 0 Å². The first kappa shape index (κ1) is 25.4. The average molecular weight is 513 g/mol. The minimum Gasteiger partial charge on any atom is -0.396 e. The first-order valence-electron chi connectivity index (χ1n) is 10.3. The van der Waals surface area contributed by atoms with Gasteiger partial charge in [-0.15, -0.1) is 24.0 Å². The highest BCUT2D eigenvalue weighted by Crippen LogP contribution is 2.16. The third kappa shape index (κ3) is 9.62. The molecule has 1 unspecified atom stereocenters. The van der Waals surface area contributed by atoms with Gasteiger partial charge in [-0.1, -0.05) is 32.0 Å². The summed E-state index contributed by atoms with van der Waals surface area (Å²) >= 11 is 0. The molecule has 0 aliphatic heterocycles. The second kappa shape index (κ2) is 14.4. The van der Waals surface area contributed by atoms with E-state index in [0.29, 0.717) is 11.8 Å². The topological polar surface area (TPSA) is 81.6 Å². The highest BCUT2D eigenvalue weighted by molar-refractivity contribution is 14.0. The number of rotatable bonds is 11. The van der Waals surface area contributed by atoms with Crippen LogP contribution in [-0.2, 0) is 0 Å². The molecule has 2 rings (SSSR count). The average Bonchev–Trinajstić information content (AvgIpc) is 2.68. The number of hydrogen-bond acceptors (Lipinski definition) is 4. The highest BCUT2D eigenvalue weighted by atomic mass is 127. The van der Waals surface area contributed by atoms with Crippen LogP contribution in [0.15, 0.2) is 41.4 Å². The smallest absolute Gasteiger partial charge is 0.191 e. The monoisotopic (exact) mass is 513 g/mol. The third-order valence-electron chi connectivity index (χ3n) is 4.52. The number of fused-ring (bicyclic) bond motifs is 1. The van der Waals surface area contributed by atoms with E-state index < -0.39 is 0 Å². The number of nitrogens with zero attached hydrogens (tertiary/aromatic N) is 2. The molecular formula is C22H36IN5O. The Morgan fingerprint density at radius 3 is 2.62 bits per heavy atom. The molecule has 1 heterocycles. The molecule has 0 bridgehead atoms. The Labute approximate surface area is 192 Å². The SMILES string of the molecule is CCNC(=NCC(CCO)CC(C)C)NCCNc1ccc2ccccc2n1.I. The van der Waals surface area contributed by atoms with Crippen LogP contribution >= 0.6 is 24.0 Å². The molecule has 1 aromatic carbocycles. The largest absolute Gasteiger partial charge is 0.396 e. The van der Waals surface area contributed by atoms with E-state index in [0.717, 1.165) is 61.7 Å². The number of anilines is 1. The maximum absolute atomic E-state index is 9.27. The molecule has 0 radical (unpaired) electrons. The molecule has 0 aliphatic rings. The van der Waals surface area contributed by atoms with Crippen molar-refractivity contribution in [3.05, 3.63) is 36.4 Å². The molecule has 2 aromatic rings. The predicted molar refractivity (Wildman–Crippen MR) is 134 cm³/mol. The maximum Gasteiger partial charge on any atom is 0.191 e. The number of hydrogen-bond donors (Lipinski definition) is 4. The zero-order valence-corrected chi connectivity index (χ0v) is 20.1. The number of nitrogens with one attached hydrogen (secondary N) is 3. The van der Waals surface area contributed by atoms with Gasteiger partial charge in [-0.05, 0) is 49.8 Å². The fraction of sp³-hybridized carbons (Fsp3) is 0.545. The van der Waals surface area contributed by atoms with Crippen molar-refractivity contribution in [3.8, 4) is 0 Å². The van der Waals surface area contributed by atoms with Gasteiger partial charge < -0.3 is 21.1 Å². The molecule has 0 amide bonds. The number of aromatic nitrogens is 1. The Hall–Kier alpha value is -1.61. The van der Waals surface area contributed by atoms with Gasteiger partial charge in [-0.2, -0.15) is 0 Å². The lowest BCUT2D eigenvalue weighted by Gasteiger charge is -2.17. The second-order valence-corrected chi connectivity index (χ2v) is 7.47. The van der Waals surface area contributed by atoms with Crippen LogP contribution in [0.3, 0.4) is 0 Å². The summed E-state index contributed by atoms with van der Waals surface area (Å²) in [4.78, 5) is 9.34. The van der Waals surface area contributed by atoms with Crippen molar-refractivity contribution in [1.82, 2.24) is 15.6 Å². The Morgan fingerprint density at radius 1 is 1.10 bits per heavy atom. The Morgan fingerprint density at radius 2 is 1.90 bits per heavy atom. The van der Waals surface area contributed by atoms with Crippen molar-refractivity contribution in [2.24, 2.45) is 16.8 Å². The molecular weight excluding hydrogens is 477 g/mol. The standard InChI is InChI=1S/C22H35N5O.HI/c1-4-23-22(26-16-18(11-14-28)15-17(2)3)25-13-12-24-21-10-9-19-7-5-6-8-20(19)27-21;/h5-10,17-18,28H,4,11-16H2,1-3H3,(H,24,27)(H2,23,25,26);1H. The molecule has 0 saturated heterocycles. The fourth-order valence-corrected chi connectivity index (χ4v) is 3.23. The van der Waals surface area contributed by atoms with E-state index in [4.69, 9.17) is 4.99 Å². The fourth-order valence-electron chi connectivity index (χ4n) is 3.23. The van der Waals surface area contributed by atoms with Gasteiger partial charge >= 0.3 is 0 Å². The lowest BCUT2D eigenvalue weighted by atomic mass is 9.94. The van der Waals surface area contributed by atoms with Gasteiger partial charge in [0.15, 0.2) is 5.96 Å².